The van der Waals surface area contributed by atoms with E-state index in [-0.39, 0.29) is 0 Å². The molecule has 3 N–H and O–H groups in total. The lowest BCUT2D eigenvalue weighted by Gasteiger charge is -2.28. The number of nitrogens with zero attached hydrogens (tertiary/aromatic N) is 4. The number of nitrogens with one attached hydrogen (secondary N) is 3. The van der Waals surface area contributed by atoms with E-state index in [0.29, 0.717) is 11.7 Å². The summed E-state index contributed by atoms with van der Waals surface area (Å²) in [7, 11) is 0. The third-order valence-corrected chi connectivity index (χ3v) is 4.15. The molecule has 0 aliphatic rings. The van der Waals surface area contributed by atoms with Gasteiger partial charge in [-0.1, -0.05) is 25.1 Å². The van der Waals surface area contributed by atoms with Crippen LogP contribution in [0.3, 0.4) is 0 Å². The Morgan fingerprint density at radius 1 is 1.32 bits per heavy atom. The van der Waals surface area contributed by atoms with Gasteiger partial charge in [0.05, 0.1) is 18.6 Å². The minimum absolute atomic E-state index is 0.540. The van der Waals surface area contributed by atoms with Crippen molar-refractivity contribution in [3.8, 4) is 0 Å². The minimum Gasteiger partial charge on any atom is -0.354 e. The van der Waals surface area contributed by atoms with Crippen LogP contribution in [0.25, 0.3) is 5.70 Å². The minimum atomic E-state index is 0.540. The molecule has 0 aliphatic heterocycles. The van der Waals surface area contributed by atoms with Crippen LogP contribution in [0.15, 0.2) is 35.9 Å². The lowest BCUT2D eigenvalue weighted by atomic mass is 10.1. The Labute approximate surface area is 171 Å². The second-order valence-electron chi connectivity index (χ2n) is 6.23. The van der Waals surface area contributed by atoms with Gasteiger partial charge in [-0.25, -0.2) is 9.97 Å². The predicted octanol–water partition coefficient (Wildman–Crippen LogP) is 4.55. The average Bonchev–Trinajstić information content (AvgIpc) is 2.65. The van der Waals surface area contributed by atoms with Crippen LogP contribution in [0, 0.1) is 19.3 Å². The number of rotatable bonds is 10. The van der Waals surface area contributed by atoms with Crippen molar-refractivity contribution in [1.29, 1.82) is 5.41 Å². The van der Waals surface area contributed by atoms with Crippen LogP contribution in [0.2, 0.25) is 5.02 Å². The van der Waals surface area contributed by atoms with Crippen molar-refractivity contribution in [2.24, 2.45) is 5.10 Å². The van der Waals surface area contributed by atoms with E-state index in [0.717, 1.165) is 53.5 Å². The monoisotopic (exact) mass is 399 g/mol. The zero-order chi connectivity index (χ0) is 20.5. The van der Waals surface area contributed by atoms with E-state index in [4.69, 9.17) is 17.0 Å². The molecule has 2 aromatic rings. The van der Waals surface area contributed by atoms with E-state index in [1.807, 2.05) is 32.0 Å². The molecule has 1 heterocycles. The van der Waals surface area contributed by atoms with E-state index >= 15 is 0 Å². The average molecular weight is 400 g/mol. The van der Waals surface area contributed by atoms with E-state index in [2.05, 4.69) is 44.2 Å². The lowest BCUT2D eigenvalue weighted by molar-refractivity contribution is 0.423. The highest BCUT2D eigenvalue weighted by molar-refractivity contribution is 6.30. The Bertz CT molecular complexity index is 843. The molecule has 0 unspecified atom stereocenters. The van der Waals surface area contributed by atoms with Crippen LogP contribution in [-0.2, 0) is 0 Å². The van der Waals surface area contributed by atoms with Gasteiger partial charge >= 0.3 is 0 Å². The summed E-state index contributed by atoms with van der Waals surface area (Å²) in [5.74, 6) is 1.51. The van der Waals surface area contributed by atoms with Crippen molar-refractivity contribution in [2.75, 3.05) is 24.0 Å². The number of hydrogen-bond acceptors (Lipinski definition) is 7. The molecular formula is C20H26ClN7. The standard InChI is InChI=1S/C20H26ClN7/c1-5-10-28(13-23-20-11-14(2)25-16(4)26-20)15(3)18-12-17(21)6-7-19(18)27-24-9-8-22/h6-9,11-12,22,27H,3,5,10,13H2,1-2,4H3,(H,23,25,26)/b22-8?,24-9-. The van der Waals surface area contributed by atoms with Gasteiger partial charge in [0.1, 0.15) is 11.6 Å². The lowest BCUT2D eigenvalue weighted by Crippen LogP contribution is -2.29. The molecule has 2 rings (SSSR count). The van der Waals surface area contributed by atoms with E-state index in [1.54, 1.807) is 6.07 Å². The molecular weight excluding hydrogens is 374 g/mol. The third kappa shape index (κ3) is 6.06. The molecule has 28 heavy (non-hydrogen) atoms. The van der Waals surface area contributed by atoms with Crippen molar-refractivity contribution in [3.63, 3.8) is 0 Å². The van der Waals surface area contributed by atoms with Gasteiger partial charge in [-0.15, -0.1) is 0 Å². The highest BCUT2D eigenvalue weighted by atomic mass is 35.5. The molecule has 0 radical (unpaired) electrons. The molecule has 0 fully saturated rings. The molecule has 148 valence electrons. The van der Waals surface area contributed by atoms with E-state index in [9.17, 15) is 0 Å². The number of hydrogen-bond donors (Lipinski definition) is 3. The molecule has 0 bridgehead atoms. The van der Waals surface area contributed by atoms with Crippen LogP contribution >= 0.6 is 11.6 Å². The maximum Gasteiger partial charge on any atom is 0.131 e. The molecule has 0 aliphatic carbocycles. The first-order valence-corrected chi connectivity index (χ1v) is 9.40. The van der Waals surface area contributed by atoms with Crippen molar-refractivity contribution < 1.29 is 0 Å². The second-order valence-corrected chi connectivity index (χ2v) is 6.67. The fourth-order valence-electron chi connectivity index (χ4n) is 2.73. The molecule has 0 atom stereocenters. The number of halogens is 1. The number of benzene rings is 1. The van der Waals surface area contributed by atoms with Crippen molar-refractivity contribution >= 4 is 41.2 Å². The van der Waals surface area contributed by atoms with Crippen LogP contribution in [0.5, 0.6) is 0 Å². The molecule has 0 saturated heterocycles. The summed E-state index contributed by atoms with van der Waals surface area (Å²) in [5.41, 5.74) is 6.28. The number of aryl methyl sites for hydroxylation is 2. The highest BCUT2D eigenvalue weighted by Gasteiger charge is 2.14. The summed E-state index contributed by atoms with van der Waals surface area (Å²) in [6.45, 7) is 11.6. The topological polar surface area (TPSA) is 89.3 Å². The molecule has 1 aromatic carbocycles. The van der Waals surface area contributed by atoms with Crippen LogP contribution in [0.1, 0.15) is 30.4 Å². The Morgan fingerprint density at radius 3 is 2.79 bits per heavy atom. The largest absolute Gasteiger partial charge is 0.354 e. The smallest absolute Gasteiger partial charge is 0.131 e. The summed E-state index contributed by atoms with van der Waals surface area (Å²) >= 11 is 6.22. The zero-order valence-corrected chi connectivity index (χ0v) is 17.2. The number of hydrazone groups is 1. The Kier molecular flexibility index (Phi) is 7.95. The fourth-order valence-corrected chi connectivity index (χ4v) is 2.90. The first kappa shape index (κ1) is 21.4. The SMILES string of the molecule is C=C(c1cc(Cl)ccc1N/N=C\C=N)N(CCC)CNc1cc(C)nc(C)n1. The van der Waals surface area contributed by atoms with Crippen molar-refractivity contribution in [1.82, 2.24) is 14.9 Å². The third-order valence-electron chi connectivity index (χ3n) is 3.92. The molecule has 7 nitrogen and oxygen atoms in total. The Balaban J connectivity index is 2.22. The van der Waals surface area contributed by atoms with Gasteiger partial charge in [0.2, 0.25) is 0 Å². The quantitative estimate of drug-likeness (QED) is 0.310. The predicted molar refractivity (Wildman–Crippen MR) is 118 cm³/mol. The highest BCUT2D eigenvalue weighted by Crippen LogP contribution is 2.29. The maximum absolute atomic E-state index is 7.05. The molecule has 1 aromatic heterocycles. The summed E-state index contributed by atoms with van der Waals surface area (Å²) in [6.07, 6.45) is 3.43. The normalized spacial score (nSPS) is 10.7. The van der Waals surface area contributed by atoms with Gasteiger partial charge in [-0.2, -0.15) is 5.10 Å². The first-order chi connectivity index (χ1) is 13.4. The Hall–Kier alpha value is -2.93. The molecule has 8 heteroatoms. The Morgan fingerprint density at radius 2 is 2.11 bits per heavy atom. The number of anilines is 2. The zero-order valence-electron chi connectivity index (χ0n) is 16.5. The van der Waals surface area contributed by atoms with Gasteiger partial charge in [-0.3, -0.25) is 5.43 Å². The van der Waals surface area contributed by atoms with Gasteiger partial charge in [0.15, 0.2) is 0 Å². The van der Waals surface area contributed by atoms with Gasteiger partial charge in [0, 0.05) is 40.8 Å². The van der Waals surface area contributed by atoms with Crippen molar-refractivity contribution in [2.45, 2.75) is 27.2 Å². The van der Waals surface area contributed by atoms with Gasteiger partial charge < -0.3 is 15.6 Å². The maximum atomic E-state index is 7.05. The first-order valence-electron chi connectivity index (χ1n) is 9.02. The number of aromatic nitrogens is 2. The van der Waals surface area contributed by atoms with Crippen LogP contribution in [-0.4, -0.2) is 40.5 Å². The van der Waals surface area contributed by atoms with E-state index in [1.165, 1.54) is 6.21 Å². The van der Waals surface area contributed by atoms with E-state index < -0.39 is 0 Å². The summed E-state index contributed by atoms with van der Waals surface area (Å²) in [4.78, 5) is 10.9. The van der Waals surface area contributed by atoms with Crippen LogP contribution < -0.4 is 10.7 Å². The van der Waals surface area contributed by atoms with Gasteiger partial charge in [0.25, 0.3) is 0 Å². The molecule has 0 saturated carbocycles. The molecule has 0 amide bonds. The summed E-state index contributed by atoms with van der Waals surface area (Å²) < 4.78 is 0. The van der Waals surface area contributed by atoms with Crippen molar-refractivity contribution in [3.05, 3.63) is 52.9 Å². The summed E-state index contributed by atoms with van der Waals surface area (Å²) in [5, 5.41) is 15.0. The molecule has 0 spiro atoms. The fraction of sp³-hybridized carbons (Fsp3) is 0.300. The second kappa shape index (κ2) is 10.4. The van der Waals surface area contributed by atoms with Gasteiger partial charge in [-0.05, 0) is 38.5 Å². The van der Waals surface area contributed by atoms with Crippen LogP contribution in [0.4, 0.5) is 11.5 Å². The summed E-state index contributed by atoms with van der Waals surface area (Å²) in [6, 6.07) is 7.40.